The summed E-state index contributed by atoms with van der Waals surface area (Å²) in [5.41, 5.74) is 2.12. The number of nitrogens with one attached hydrogen (secondary N) is 1. The maximum atomic E-state index is 15.9. The summed E-state index contributed by atoms with van der Waals surface area (Å²) >= 11 is 6.22. The van der Waals surface area contributed by atoms with Crippen LogP contribution in [0.25, 0.3) is 27.8 Å². The van der Waals surface area contributed by atoms with E-state index in [4.69, 9.17) is 11.6 Å². The summed E-state index contributed by atoms with van der Waals surface area (Å²) in [7, 11) is 1.76. The fourth-order valence-corrected chi connectivity index (χ4v) is 4.78. The molecular weight excluding hydrogens is 541 g/mol. The first-order valence-electron chi connectivity index (χ1n) is 11.9. The van der Waals surface area contributed by atoms with Crippen LogP contribution in [-0.2, 0) is 13.5 Å². The number of halogens is 2. The summed E-state index contributed by atoms with van der Waals surface area (Å²) < 4.78 is 20.1. The molecule has 12 nitrogen and oxygen atoms in total. The number of tetrazole rings is 1. The molecule has 0 amide bonds. The number of rotatable bonds is 7. The van der Waals surface area contributed by atoms with E-state index in [9.17, 15) is 14.7 Å². The molecular formula is C26H19ClFN9O3. The normalized spacial score (nSPS) is 12.2. The number of pyridine rings is 1. The van der Waals surface area contributed by atoms with Gasteiger partial charge in [-0.2, -0.15) is 9.78 Å². The minimum Gasteiger partial charge on any atom is -0.478 e. The Morgan fingerprint density at radius 2 is 2.00 bits per heavy atom. The predicted molar refractivity (Wildman–Crippen MR) is 142 cm³/mol. The van der Waals surface area contributed by atoms with Gasteiger partial charge in [-0.1, -0.05) is 11.6 Å². The number of aromatic nitrogens is 9. The summed E-state index contributed by atoms with van der Waals surface area (Å²) in [6, 6.07) is 9.69. The zero-order valence-corrected chi connectivity index (χ0v) is 21.5. The van der Waals surface area contributed by atoms with Crippen LogP contribution < -0.4 is 5.56 Å². The Kier molecular flexibility index (Phi) is 6.19. The first-order valence-corrected chi connectivity index (χ1v) is 12.3. The molecule has 6 aromatic rings. The molecule has 2 N–H and O–H groups in total. The summed E-state index contributed by atoms with van der Waals surface area (Å²) in [5, 5.41) is 25.0. The van der Waals surface area contributed by atoms with Gasteiger partial charge in [-0.25, -0.2) is 14.2 Å². The second kappa shape index (κ2) is 9.85. The smallest absolute Gasteiger partial charge is 0.335 e. The number of H-pyrrole nitrogens is 1. The van der Waals surface area contributed by atoms with E-state index in [2.05, 4.69) is 30.6 Å². The van der Waals surface area contributed by atoms with Crippen molar-refractivity contribution in [3.63, 3.8) is 0 Å². The molecule has 0 spiro atoms. The molecule has 200 valence electrons. The number of aromatic amines is 1. The van der Waals surface area contributed by atoms with Gasteiger partial charge in [0.2, 0.25) is 0 Å². The fourth-order valence-electron chi connectivity index (χ4n) is 4.61. The predicted octanol–water partition coefficient (Wildman–Crippen LogP) is 3.42. The Labute approximate surface area is 229 Å². The van der Waals surface area contributed by atoms with Crippen molar-refractivity contribution in [2.45, 2.75) is 12.5 Å². The summed E-state index contributed by atoms with van der Waals surface area (Å²) in [4.78, 5) is 32.8. The van der Waals surface area contributed by atoms with Gasteiger partial charge in [0, 0.05) is 48.1 Å². The third kappa shape index (κ3) is 4.62. The second-order valence-corrected chi connectivity index (χ2v) is 9.53. The van der Waals surface area contributed by atoms with Crippen LogP contribution in [0.3, 0.4) is 0 Å². The van der Waals surface area contributed by atoms with Gasteiger partial charge in [0.15, 0.2) is 0 Å². The van der Waals surface area contributed by atoms with E-state index in [0.717, 1.165) is 11.8 Å². The highest BCUT2D eigenvalue weighted by Crippen LogP contribution is 2.31. The highest BCUT2D eigenvalue weighted by atomic mass is 35.5. The number of carboxylic acid groups (broad SMARTS) is 1. The lowest BCUT2D eigenvalue weighted by Gasteiger charge is -2.19. The maximum Gasteiger partial charge on any atom is 0.335 e. The molecule has 4 heterocycles. The van der Waals surface area contributed by atoms with Crippen molar-refractivity contribution in [1.82, 2.24) is 44.5 Å². The number of imidazole rings is 1. The quantitative estimate of drug-likeness (QED) is 0.302. The average Bonchev–Trinajstić information content (AvgIpc) is 3.69. The first kappa shape index (κ1) is 25.1. The number of benzene rings is 2. The second-order valence-electron chi connectivity index (χ2n) is 9.10. The van der Waals surface area contributed by atoms with E-state index in [1.807, 2.05) is 0 Å². The zero-order valence-electron chi connectivity index (χ0n) is 20.7. The lowest BCUT2D eigenvalue weighted by Crippen LogP contribution is -2.27. The molecule has 6 rings (SSSR count). The number of hydrogen-bond donors (Lipinski definition) is 2. The standard InChI is InChI=1S/C26H19ClFN9O3/c1-35-11-14(10-30-35)6-23(25-31-20-4-2-15(26(39)40)7-21(20)32-25)36-12-19(28)17(9-24(36)38)18-8-16(27)3-5-22(18)37-13-29-33-34-37/h2-5,7-13,23H,6H2,1H3,(H,31,32)(H,39,40). The van der Waals surface area contributed by atoms with Gasteiger partial charge in [0.1, 0.15) is 18.0 Å². The maximum absolute atomic E-state index is 15.9. The Bertz CT molecular complexity index is 1940. The average molecular weight is 560 g/mol. The number of nitrogens with zero attached hydrogens (tertiary/aromatic N) is 8. The van der Waals surface area contributed by atoms with Crippen molar-refractivity contribution >= 4 is 28.6 Å². The van der Waals surface area contributed by atoms with Crippen molar-refractivity contribution < 1.29 is 14.3 Å². The van der Waals surface area contributed by atoms with Crippen LogP contribution in [0.15, 0.2) is 72.2 Å². The van der Waals surface area contributed by atoms with E-state index >= 15 is 4.39 Å². The van der Waals surface area contributed by atoms with Crippen LogP contribution in [0.5, 0.6) is 0 Å². The fraction of sp³-hybridized carbons (Fsp3) is 0.115. The highest BCUT2D eigenvalue weighted by Gasteiger charge is 2.24. The van der Waals surface area contributed by atoms with Crippen molar-refractivity contribution in [1.29, 1.82) is 0 Å². The van der Waals surface area contributed by atoms with Crippen LogP contribution in [0, 0.1) is 5.82 Å². The van der Waals surface area contributed by atoms with E-state index in [-0.39, 0.29) is 17.5 Å². The van der Waals surface area contributed by atoms with E-state index in [0.29, 0.717) is 33.1 Å². The number of hydrogen-bond acceptors (Lipinski definition) is 7. The molecule has 0 saturated heterocycles. The SMILES string of the molecule is Cn1cc(CC(c2nc3cc(C(=O)O)ccc3[nH]2)n2cc(F)c(-c3cc(Cl)ccc3-n3cnnn3)cc2=O)cn1. The molecule has 14 heteroatoms. The lowest BCUT2D eigenvalue weighted by atomic mass is 10.0. The van der Waals surface area contributed by atoms with Crippen LogP contribution in [-0.4, -0.2) is 55.6 Å². The van der Waals surface area contributed by atoms with Crippen molar-refractivity contribution in [3.8, 4) is 16.8 Å². The topological polar surface area (TPSA) is 149 Å². The molecule has 0 bridgehead atoms. The number of carboxylic acids is 1. The Morgan fingerprint density at radius 1 is 1.15 bits per heavy atom. The highest BCUT2D eigenvalue weighted by molar-refractivity contribution is 6.31. The molecule has 1 atom stereocenters. The monoisotopic (exact) mass is 559 g/mol. The van der Waals surface area contributed by atoms with Gasteiger partial charge in [0.25, 0.3) is 5.56 Å². The first-order chi connectivity index (χ1) is 19.3. The van der Waals surface area contributed by atoms with Crippen LogP contribution in [0.4, 0.5) is 4.39 Å². The van der Waals surface area contributed by atoms with Gasteiger partial charge in [-0.3, -0.25) is 9.48 Å². The molecule has 0 fully saturated rings. The van der Waals surface area contributed by atoms with Crippen LogP contribution >= 0.6 is 11.6 Å². The molecule has 0 radical (unpaired) electrons. The lowest BCUT2D eigenvalue weighted by molar-refractivity contribution is 0.0697. The molecule has 0 aliphatic rings. The number of aryl methyl sites for hydroxylation is 1. The zero-order chi connectivity index (χ0) is 28.0. The van der Waals surface area contributed by atoms with E-state index < -0.39 is 23.4 Å². The van der Waals surface area contributed by atoms with E-state index in [1.165, 1.54) is 39.8 Å². The van der Waals surface area contributed by atoms with Gasteiger partial charge < -0.3 is 14.7 Å². The van der Waals surface area contributed by atoms with Gasteiger partial charge in [-0.05, 0) is 52.4 Å². The summed E-state index contributed by atoms with van der Waals surface area (Å²) in [6.07, 6.45) is 6.17. The van der Waals surface area contributed by atoms with Gasteiger partial charge in [-0.15, -0.1) is 5.10 Å². The molecule has 1 unspecified atom stereocenters. The molecule has 0 saturated carbocycles. The number of fused-ring (bicyclic) bond motifs is 1. The number of aromatic carboxylic acids is 1. The third-order valence-corrected chi connectivity index (χ3v) is 6.70. The Balaban J connectivity index is 1.49. The molecule has 2 aromatic carbocycles. The van der Waals surface area contributed by atoms with E-state index in [1.54, 1.807) is 42.3 Å². The number of carbonyl (C=O) groups is 1. The van der Waals surface area contributed by atoms with Gasteiger partial charge in [0.05, 0.1) is 34.5 Å². The summed E-state index contributed by atoms with van der Waals surface area (Å²) in [6.45, 7) is 0. The Morgan fingerprint density at radius 3 is 2.73 bits per heavy atom. The van der Waals surface area contributed by atoms with Crippen molar-refractivity contribution in [2.24, 2.45) is 7.05 Å². The van der Waals surface area contributed by atoms with Gasteiger partial charge >= 0.3 is 5.97 Å². The minimum absolute atomic E-state index is 0.0186. The largest absolute Gasteiger partial charge is 0.478 e. The minimum atomic E-state index is -1.09. The van der Waals surface area contributed by atoms with Crippen LogP contribution in [0.2, 0.25) is 5.02 Å². The Hall–Kier alpha value is -5.17. The molecule has 40 heavy (non-hydrogen) atoms. The molecule has 0 aliphatic carbocycles. The van der Waals surface area contributed by atoms with Crippen LogP contribution in [0.1, 0.15) is 27.8 Å². The molecule has 4 aromatic heterocycles. The molecule has 0 aliphatic heterocycles. The van der Waals surface area contributed by atoms with Crippen molar-refractivity contribution in [3.05, 3.63) is 106 Å². The third-order valence-electron chi connectivity index (χ3n) is 6.46. The van der Waals surface area contributed by atoms with Crippen molar-refractivity contribution in [2.75, 3.05) is 0 Å². The summed E-state index contributed by atoms with van der Waals surface area (Å²) in [5.74, 6) is -1.42.